The largest absolute Gasteiger partial charge is 0.379 e. The second-order valence-electron chi connectivity index (χ2n) is 1.83. The van der Waals surface area contributed by atoms with Crippen LogP contribution in [0.15, 0.2) is 0 Å². The molecule has 1 aliphatic heterocycles. The Morgan fingerprint density at radius 2 is 1.90 bits per heavy atom. The minimum absolute atomic E-state index is 0.361. The summed E-state index contributed by atoms with van der Waals surface area (Å²) in [6.07, 6.45) is 0. The molecule has 0 aromatic rings. The van der Waals surface area contributed by atoms with Gasteiger partial charge in [-0.2, -0.15) is 0 Å². The second-order valence-corrected chi connectivity index (χ2v) is 2.36. The first-order valence-electron chi connectivity index (χ1n) is 3.18. The van der Waals surface area contributed by atoms with E-state index < -0.39 is 0 Å². The molecule has 60 valence electrons. The number of hydrogen-bond donors (Lipinski definition) is 1. The molecule has 0 saturated carbocycles. The molecule has 0 atom stereocenters. The first kappa shape index (κ1) is 9.88. The van der Waals surface area contributed by atoms with E-state index in [1.54, 1.807) is 0 Å². The Balaban J connectivity index is 0.000000180. The monoisotopic (exact) mass is 165 g/mol. The van der Waals surface area contributed by atoms with E-state index in [1.165, 1.54) is 6.92 Å². The molecule has 10 heavy (non-hydrogen) atoms. The fraction of sp³-hybridized carbons (Fsp3) is 0.833. The van der Waals surface area contributed by atoms with Crippen molar-refractivity contribution in [2.45, 2.75) is 6.92 Å². The molecule has 1 saturated heterocycles. The summed E-state index contributed by atoms with van der Waals surface area (Å²) in [6.45, 7) is 5.13. The van der Waals surface area contributed by atoms with Crippen LogP contribution < -0.4 is 5.32 Å². The van der Waals surface area contributed by atoms with Crippen molar-refractivity contribution in [1.29, 1.82) is 0 Å². The summed E-state index contributed by atoms with van der Waals surface area (Å²) in [5, 5.41) is 2.80. The van der Waals surface area contributed by atoms with Crippen molar-refractivity contribution in [3.63, 3.8) is 0 Å². The van der Waals surface area contributed by atoms with Gasteiger partial charge in [-0.25, -0.2) is 0 Å². The quantitative estimate of drug-likeness (QED) is 0.528. The summed E-state index contributed by atoms with van der Waals surface area (Å²) in [6, 6.07) is 0. The van der Waals surface area contributed by atoms with E-state index >= 15 is 0 Å². The highest BCUT2D eigenvalue weighted by Gasteiger charge is 1.92. The molecule has 4 heteroatoms. The average Bonchev–Trinajstić information content (AvgIpc) is 1.90. The van der Waals surface area contributed by atoms with E-state index in [2.05, 4.69) is 16.9 Å². The zero-order valence-corrected chi connectivity index (χ0v) is 6.78. The van der Waals surface area contributed by atoms with Crippen LogP contribution in [0.25, 0.3) is 0 Å². The van der Waals surface area contributed by atoms with Crippen LogP contribution in [-0.2, 0) is 9.53 Å². The maximum atomic E-state index is 9.21. The number of morpholine rings is 1. The molecule has 0 spiro atoms. The molecular weight excluding hydrogens is 154 g/mol. The van der Waals surface area contributed by atoms with Gasteiger partial charge in [0.25, 0.3) is 0 Å². The normalized spacial score (nSPS) is 17.0. The SMILES string of the molecule is C1COCCN1.CC(=O)Cl. The van der Waals surface area contributed by atoms with Crippen LogP contribution in [-0.4, -0.2) is 31.5 Å². The van der Waals surface area contributed by atoms with Gasteiger partial charge in [0.15, 0.2) is 0 Å². The lowest BCUT2D eigenvalue weighted by molar-refractivity contribution is -0.109. The van der Waals surface area contributed by atoms with Gasteiger partial charge in [0.1, 0.15) is 0 Å². The van der Waals surface area contributed by atoms with Crippen molar-refractivity contribution in [3.8, 4) is 0 Å². The summed E-state index contributed by atoms with van der Waals surface area (Å²) < 4.78 is 5.01. The first-order valence-corrected chi connectivity index (χ1v) is 3.56. The van der Waals surface area contributed by atoms with Gasteiger partial charge >= 0.3 is 0 Å². The molecule has 0 unspecified atom stereocenters. The highest BCUT2D eigenvalue weighted by Crippen LogP contribution is 1.76. The highest BCUT2D eigenvalue weighted by atomic mass is 35.5. The number of nitrogens with one attached hydrogen (secondary N) is 1. The third-order valence-electron chi connectivity index (χ3n) is 0.846. The van der Waals surface area contributed by atoms with Crippen LogP contribution >= 0.6 is 11.6 Å². The van der Waals surface area contributed by atoms with Gasteiger partial charge in [0.2, 0.25) is 5.24 Å². The van der Waals surface area contributed by atoms with Gasteiger partial charge in [-0.05, 0) is 11.6 Å². The van der Waals surface area contributed by atoms with Crippen molar-refractivity contribution in [3.05, 3.63) is 0 Å². The minimum atomic E-state index is -0.361. The molecule has 1 rings (SSSR count). The van der Waals surface area contributed by atoms with Gasteiger partial charge in [-0.1, -0.05) is 0 Å². The summed E-state index contributed by atoms with van der Waals surface area (Å²) in [5.74, 6) is 0. The second kappa shape index (κ2) is 6.99. The predicted molar refractivity (Wildman–Crippen MR) is 40.2 cm³/mol. The van der Waals surface area contributed by atoms with Crippen LogP contribution in [0.3, 0.4) is 0 Å². The number of hydrogen-bond acceptors (Lipinski definition) is 3. The fourth-order valence-corrected chi connectivity index (χ4v) is 0.516. The highest BCUT2D eigenvalue weighted by molar-refractivity contribution is 6.62. The van der Waals surface area contributed by atoms with Crippen LogP contribution in [0, 0.1) is 0 Å². The zero-order chi connectivity index (χ0) is 7.82. The minimum Gasteiger partial charge on any atom is -0.379 e. The van der Waals surface area contributed by atoms with Crippen LogP contribution in [0.5, 0.6) is 0 Å². The Morgan fingerprint density at radius 3 is 2.00 bits per heavy atom. The maximum absolute atomic E-state index is 9.21. The molecule has 1 fully saturated rings. The summed E-state index contributed by atoms with van der Waals surface area (Å²) in [7, 11) is 0. The molecule has 1 heterocycles. The van der Waals surface area contributed by atoms with Crippen molar-refractivity contribution < 1.29 is 9.53 Å². The molecule has 0 amide bonds. The Morgan fingerprint density at radius 1 is 1.50 bits per heavy atom. The lowest BCUT2D eigenvalue weighted by atomic mass is 10.5. The molecule has 3 nitrogen and oxygen atoms in total. The Hall–Kier alpha value is -0.120. The Bertz CT molecular complexity index is 78.2. The maximum Gasteiger partial charge on any atom is 0.218 e. The van der Waals surface area contributed by atoms with E-state index in [1.807, 2.05) is 0 Å². The van der Waals surface area contributed by atoms with Crippen molar-refractivity contribution >= 4 is 16.8 Å². The molecule has 0 aromatic heterocycles. The molecular formula is C6H12ClNO2. The van der Waals surface area contributed by atoms with E-state index in [-0.39, 0.29) is 5.24 Å². The van der Waals surface area contributed by atoms with Gasteiger partial charge in [-0.15, -0.1) is 0 Å². The standard InChI is InChI=1S/C4H9NO.C2H3ClO/c1-3-6-4-2-5-1;1-2(3)4/h5H,1-4H2;1H3. The number of rotatable bonds is 0. The topological polar surface area (TPSA) is 38.3 Å². The zero-order valence-electron chi connectivity index (χ0n) is 6.02. The van der Waals surface area contributed by atoms with E-state index in [0.717, 1.165) is 26.3 Å². The average molecular weight is 166 g/mol. The fourth-order valence-electron chi connectivity index (χ4n) is 0.516. The van der Waals surface area contributed by atoms with E-state index in [4.69, 9.17) is 4.74 Å². The van der Waals surface area contributed by atoms with Gasteiger partial charge in [-0.3, -0.25) is 4.79 Å². The lowest BCUT2D eigenvalue weighted by Crippen LogP contribution is -2.30. The van der Waals surface area contributed by atoms with Crippen molar-refractivity contribution in [2.75, 3.05) is 26.3 Å². The van der Waals surface area contributed by atoms with Crippen LogP contribution in [0.2, 0.25) is 0 Å². The molecule has 1 N–H and O–H groups in total. The van der Waals surface area contributed by atoms with Crippen LogP contribution in [0.4, 0.5) is 0 Å². The van der Waals surface area contributed by atoms with Gasteiger partial charge in [0, 0.05) is 20.0 Å². The van der Waals surface area contributed by atoms with E-state index in [9.17, 15) is 4.79 Å². The number of carbonyl (C=O) groups excluding carboxylic acids is 1. The number of carbonyl (C=O) groups is 1. The third-order valence-corrected chi connectivity index (χ3v) is 0.846. The summed E-state index contributed by atoms with van der Waals surface area (Å²) in [4.78, 5) is 9.21. The molecule has 1 aliphatic rings. The Kier molecular flexibility index (Phi) is 6.91. The molecule has 0 aliphatic carbocycles. The molecule has 0 bridgehead atoms. The van der Waals surface area contributed by atoms with Crippen LogP contribution in [0.1, 0.15) is 6.92 Å². The van der Waals surface area contributed by atoms with Crippen molar-refractivity contribution in [1.82, 2.24) is 5.32 Å². The number of ether oxygens (including phenoxy) is 1. The lowest BCUT2D eigenvalue weighted by Gasteiger charge is -2.10. The summed E-state index contributed by atoms with van der Waals surface area (Å²) in [5.41, 5.74) is 0. The van der Waals surface area contributed by atoms with Gasteiger partial charge < -0.3 is 10.1 Å². The number of halogens is 1. The molecule has 0 aromatic carbocycles. The smallest absolute Gasteiger partial charge is 0.218 e. The molecule has 0 radical (unpaired) electrons. The predicted octanol–water partition coefficient (Wildman–Crippen LogP) is 0.378. The summed E-state index contributed by atoms with van der Waals surface area (Å²) >= 11 is 4.64. The third kappa shape index (κ3) is 10.8. The van der Waals surface area contributed by atoms with E-state index in [0.29, 0.717) is 0 Å². The first-order chi connectivity index (χ1) is 4.73. The van der Waals surface area contributed by atoms with Gasteiger partial charge in [0.05, 0.1) is 13.2 Å². The Labute approximate surface area is 65.7 Å². The van der Waals surface area contributed by atoms with Crippen molar-refractivity contribution in [2.24, 2.45) is 0 Å².